The first-order valence-corrected chi connectivity index (χ1v) is 10.1. The molecule has 9 heteroatoms. The third-order valence-electron chi connectivity index (χ3n) is 4.49. The number of hydrogen-bond donors (Lipinski definition) is 1. The van der Waals surface area contributed by atoms with Crippen molar-refractivity contribution in [3.63, 3.8) is 0 Å². The Hall–Kier alpha value is -3.98. The topological polar surface area (TPSA) is 108 Å². The first-order chi connectivity index (χ1) is 15.0. The minimum absolute atomic E-state index is 0.0277. The zero-order valence-electron chi connectivity index (χ0n) is 16.4. The molecule has 0 bridgehead atoms. The number of carbonyl (C=O) groups is 1. The molecule has 31 heavy (non-hydrogen) atoms. The lowest BCUT2D eigenvalue weighted by Crippen LogP contribution is -2.10. The van der Waals surface area contributed by atoms with Gasteiger partial charge in [-0.05, 0) is 29.8 Å². The van der Waals surface area contributed by atoms with Gasteiger partial charge in [0, 0.05) is 17.5 Å². The number of furan rings is 1. The molecule has 0 unspecified atom stereocenters. The van der Waals surface area contributed by atoms with E-state index in [1.54, 1.807) is 12.3 Å². The molecule has 2 heterocycles. The highest BCUT2D eigenvalue weighted by molar-refractivity contribution is 7.15. The molecule has 1 N–H and O–H groups in total. The number of nitrogens with zero attached hydrogens (tertiary/aromatic N) is 2. The molecule has 0 spiro atoms. The Morgan fingerprint density at radius 1 is 1.19 bits per heavy atom. The summed E-state index contributed by atoms with van der Waals surface area (Å²) in [7, 11) is 1.43. The number of amides is 1. The fourth-order valence-electron chi connectivity index (χ4n) is 3.01. The van der Waals surface area contributed by atoms with Crippen LogP contribution in [0.2, 0.25) is 0 Å². The van der Waals surface area contributed by atoms with Crippen molar-refractivity contribution in [3.05, 3.63) is 93.2 Å². The Morgan fingerprint density at radius 3 is 2.74 bits per heavy atom. The number of thiazole rings is 1. The van der Waals surface area contributed by atoms with Gasteiger partial charge in [-0.1, -0.05) is 30.3 Å². The number of rotatable bonds is 7. The van der Waals surface area contributed by atoms with Crippen molar-refractivity contribution in [1.82, 2.24) is 4.98 Å². The Labute approximate surface area is 181 Å². The van der Waals surface area contributed by atoms with Gasteiger partial charge in [0.25, 0.3) is 11.6 Å². The SMILES string of the molecule is COc1ccc(-c2ccc(C(=O)Nc3ncc(Cc4ccccc4)s3)o2)c([N+](=O)[O-])c1. The number of nitro groups is 1. The fraction of sp³-hybridized carbons (Fsp3) is 0.0909. The number of ether oxygens (including phenoxy) is 1. The molecule has 8 nitrogen and oxygen atoms in total. The van der Waals surface area contributed by atoms with Crippen LogP contribution < -0.4 is 10.1 Å². The predicted molar refractivity (Wildman–Crippen MR) is 117 cm³/mol. The van der Waals surface area contributed by atoms with Gasteiger partial charge in [-0.15, -0.1) is 11.3 Å². The molecule has 0 aliphatic rings. The zero-order valence-corrected chi connectivity index (χ0v) is 17.2. The monoisotopic (exact) mass is 435 g/mol. The minimum atomic E-state index is -0.524. The van der Waals surface area contributed by atoms with Crippen LogP contribution in [-0.4, -0.2) is 22.9 Å². The van der Waals surface area contributed by atoms with Crippen molar-refractivity contribution >= 4 is 28.1 Å². The van der Waals surface area contributed by atoms with E-state index in [-0.39, 0.29) is 22.8 Å². The number of nitro benzene ring substituents is 1. The molecule has 4 rings (SSSR count). The van der Waals surface area contributed by atoms with Crippen LogP contribution in [-0.2, 0) is 6.42 Å². The van der Waals surface area contributed by atoms with Crippen molar-refractivity contribution in [2.75, 3.05) is 12.4 Å². The summed E-state index contributed by atoms with van der Waals surface area (Å²) in [6.07, 6.45) is 2.45. The second kappa shape index (κ2) is 8.80. The van der Waals surface area contributed by atoms with E-state index in [9.17, 15) is 14.9 Å². The number of benzene rings is 2. The van der Waals surface area contributed by atoms with E-state index in [4.69, 9.17) is 9.15 Å². The van der Waals surface area contributed by atoms with Crippen LogP contribution >= 0.6 is 11.3 Å². The maximum atomic E-state index is 12.6. The Bertz CT molecular complexity index is 1230. The van der Waals surface area contributed by atoms with Crippen LogP contribution in [0.15, 0.2) is 71.3 Å². The quantitative estimate of drug-likeness (QED) is 0.317. The zero-order chi connectivity index (χ0) is 21.8. The Morgan fingerprint density at radius 2 is 2.00 bits per heavy atom. The molecule has 4 aromatic rings. The average molecular weight is 435 g/mol. The molecule has 0 aliphatic heterocycles. The van der Waals surface area contributed by atoms with E-state index in [0.29, 0.717) is 10.9 Å². The van der Waals surface area contributed by atoms with Crippen molar-refractivity contribution in [3.8, 4) is 17.1 Å². The van der Waals surface area contributed by atoms with Gasteiger partial charge in [0.2, 0.25) is 0 Å². The summed E-state index contributed by atoms with van der Waals surface area (Å²) in [5.41, 5.74) is 1.23. The molecule has 0 radical (unpaired) electrons. The lowest BCUT2D eigenvalue weighted by atomic mass is 10.1. The van der Waals surface area contributed by atoms with Crippen molar-refractivity contribution in [1.29, 1.82) is 0 Å². The third-order valence-corrected chi connectivity index (χ3v) is 5.40. The van der Waals surface area contributed by atoms with Crippen molar-refractivity contribution in [2.45, 2.75) is 6.42 Å². The number of anilines is 1. The predicted octanol–water partition coefficient (Wildman–Crippen LogP) is 5.16. The first kappa shape index (κ1) is 20.3. The molecular weight excluding hydrogens is 418 g/mol. The first-order valence-electron chi connectivity index (χ1n) is 9.26. The lowest BCUT2D eigenvalue weighted by Gasteiger charge is -2.03. The van der Waals surface area contributed by atoms with E-state index in [1.165, 1.54) is 42.7 Å². The summed E-state index contributed by atoms with van der Waals surface area (Å²) >= 11 is 1.38. The lowest BCUT2D eigenvalue weighted by molar-refractivity contribution is -0.384. The standard InChI is InChI=1S/C22H17N3O5S/c1-29-15-7-8-17(18(12-15)25(27)28)19-9-10-20(30-19)21(26)24-22-23-13-16(31-22)11-14-5-3-2-4-6-14/h2-10,12-13H,11H2,1H3,(H,23,24,26). The van der Waals surface area contributed by atoms with Crippen molar-refractivity contribution < 1.29 is 18.9 Å². The highest BCUT2D eigenvalue weighted by atomic mass is 32.1. The largest absolute Gasteiger partial charge is 0.497 e. The van der Waals surface area contributed by atoms with Gasteiger partial charge in [-0.2, -0.15) is 0 Å². The summed E-state index contributed by atoms with van der Waals surface area (Å²) in [5.74, 6) is 0.112. The summed E-state index contributed by atoms with van der Waals surface area (Å²) in [5, 5.41) is 14.6. The van der Waals surface area contributed by atoms with E-state index < -0.39 is 10.8 Å². The van der Waals surface area contributed by atoms with E-state index in [0.717, 1.165) is 16.9 Å². The molecule has 0 saturated heterocycles. The Kier molecular flexibility index (Phi) is 5.76. The summed E-state index contributed by atoms with van der Waals surface area (Å²) in [6, 6.07) is 17.4. The molecule has 0 fully saturated rings. The summed E-state index contributed by atoms with van der Waals surface area (Å²) in [6.45, 7) is 0. The van der Waals surface area contributed by atoms with Crippen LogP contribution in [0, 0.1) is 10.1 Å². The van der Waals surface area contributed by atoms with Crippen LogP contribution in [0.1, 0.15) is 21.0 Å². The summed E-state index contributed by atoms with van der Waals surface area (Å²) in [4.78, 5) is 28.7. The maximum Gasteiger partial charge on any atom is 0.293 e. The smallest absolute Gasteiger partial charge is 0.293 e. The fourth-order valence-corrected chi connectivity index (χ4v) is 3.85. The highest BCUT2D eigenvalue weighted by Crippen LogP contribution is 2.34. The number of hydrogen-bond acceptors (Lipinski definition) is 7. The molecule has 2 aromatic heterocycles. The van der Waals surface area contributed by atoms with Gasteiger partial charge in [-0.3, -0.25) is 20.2 Å². The Balaban J connectivity index is 1.49. The van der Waals surface area contributed by atoms with Gasteiger partial charge in [0.05, 0.1) is 23.7 Å². The second-order valence-corrected chi connectivity index (χ2v) is 7.67. The van der Waals surface area contributed by atoms with Gasteiger partial charge in [-0.25, -0.2) is 4.98 Å². The number of nitrogens with one attached hydrogen (secondary N) is 1. The van der Waals surface area contributed by atoms with Crippen molar-refractivity contribution in [2.24, 2.45) is 0 Å². The van der Waals surface area contributed by atoms with Crippen LogP contribution in [0.5, 0.6) is 5.75 Å². The maximum absolute atomic E-state index is 12.6. The normalized spacial score (nSPS) is 10.6. The molecule has 0 saturated carbocycles. The van der Waals surface area contributed by atoms with E-state index >= 15 is 0 Å². The van der Waals surface area contributed by atoms with E-state index in [1.807, 2.05) is 30.3 Å². The molecule has 156 valence electrons. The van der Waals surface area contributed by atoms with Gasteiger partial charge < -0.3 is 9.15 Å². The van der Waals surface area contributed by atoms with Crippen LogP contribution in [0.4, 0.5) is 10.8 Å². The molecule has 2 aromatic carbocycles. The van der Waals surface area contributed by atoms with Crippen LogP contribution in [0.3, 0.4) is 0 Å². The molecule has 0 atom stereocenters. The second-order valence-electron chi connectivity index (χ2n) is 6.55. The van der Waals surface area contributed by atoms with Crippen LogP contribution in [0.25, 0.3) is 11.3 Å². The third kappa shape index (κ3) is 4.62. The van der Waals surface area contributed by atoms with Gasteiger partial charge in [0.1, 0.15) is 11.5 Å². The highest BCUT2D eigenvalue weighted by Gasteiger charge is 2.21. The van der Waals surface area contributed by atoms with Gasteiger partial charge >= 0.3 is 0 Å². The molecule has 1 amide bonds. The minimum Gasteiger partial charge on any atom is -0.497 e. The van der Waals surface area contributed by atoms with Gasteiger partial charge in [0.15, 0.2) is 10.9 Å². The average Bonchev–Trinajstić information content (AvgIpc) is 3.44. The number of methoxy groups -OCH3 is 1. The number of aromatic nitrogens is 1. The number of carbonyl (C=O) groups excluding carboxylic acids is 1. The molecular formula is C22H17N3O5S. The van der Waals surface area contributed by atoms with E-state index in [2.05, 4.69) is 10.3 Å². The summed E-state index contributed by atoms with van der Waals surface area (Å²) < 4.78 is 10.6. The molecule has 0 aliphatic carbocycles.